The first-order chi connectivity index (χ1) is 8.09. The number of hydrogen-bond donors (Lipinski definition) is 2. The van der Waals surface area contributed by atoms with E-state index in [2.05, 4.69) is 24.1 Å². The first-order valence-corrected chi connectivity index (χ1v) is 6.18. The van der Waals surface area contributed by atoms with E-state index in [0.29, 0.717) is 0 Å². The highest BCUT2D eigenvalue weighted by molar-refractivity contribution is 4.99. The van der Waals surface area contributed by atoms with Gasteiger partial charge in [0.05, 0.1) is 19.4 Å². The topological polar surface area (TPSA) is 48.6 Å². The molecule has 0 amide bonds. The molecule has 2 rings (SSSR count). The predicted octanol–water partition coefficient (Wildman–Crippen LogP) is 1.07. The Hall–Kier alpha value is -0.840. The molecule has 0 aliphatic carbocycles. The molecule has 96 valence electrons. The van der Waals surface area contributed by atoms with Gasteiger partial charge >= 0.3 is 0 Å². The van der Waals surface area contributed by atoms with Gasteiger partial charge in [-0.2, -0.15) is 0 Å². The van der Waals surface area contributed by atoms with Crippen LogP contribution in [0.15, 0.2) is 22.8 Å². The van der Waals surface area contributed by atoms with Crippen LogP contribution >= 0.6 is 0 Å². The number of aliphatic hydroxyl groups excluding tert-OH is 1. The molecular weight excluding hydrogens is 216 g/mol. The number of rotatable bonds is 3. The van der Waals surface area contributed by atoms with E-state index < -0.39 is 0 Å². The van der Waals surface area contributed by atoms with Crippen LogP contribution in [0.25, 0.3) is 0 Å². The Morgan fingerprint density at radius 2 is 2.41 bits per heavy atom. The lowest BCUT2D eigenvalue weighted by atomic mass is 9.93. The van der Waals surface area contributed by atoms with E-state index in [1.165, 1.54) is 0 Å². The van der Waals surface area contributed by atoms with Crippen LogP contribution in [0.5, 0.6) is 0 Å². The highest BCUT2D eigenvalue weighted by atomic mass is 16.3. The fourth-order valence-electron chi connectivity index (χ4n) is 2.39. The van der Waals surface area contributed by atoms with Crippen LogP contribution in [0.4, 0.5) is 0 Å². The van der Waals surface area contributed by atoms with Gasteiger partial charge in [0, 0.05) is 25.7 Å². The normalized spacial score (nSPS) is 25.7. The summed E-state index contributed by atoms with van der Waals surface area (Å²) in [5.41, 5.74) is 0.219. The van der Waals surface area contributed by atoms with Gasteiger partial charge in [-0.25, -0.2) is 0 Å². The molecule has 1 atom stereocenters. The third-order valence-electron chi connectivity index (χ3n) is 3.18. The predicted molar refractivity (Wildman–Crippen MR) is 66.6 cm³/mol. The fourth-order valence-corrected chi connectivity index (χ4v) is 2.39. The number of aliphatic hydroxyl groups is 1. The molecule has 0 saturated carbocycles. The summed E-state index contributed by atoms with van der Waals surface area (Å²) in [6.07, 6.45) is 1.71. The summed E-state index contributed by atoms with van der Waals surface area (Å²) in [5.74, 6) is 0.986. The van der Waals surface area contributed by atoms with Crippen molar-refractivity contribution in [3.8, 4) is 0 Å². The van der Waals surface area contributed by atoms with E-state index in [1.54, 1.807) is 6.26 Å². The molecule has 1 unspecified atom stereocenters. The van der Waals surface area contributed by atoms with Gasteiger partial charge in [0.1, 0.15) is 5.76 Å². The SMILES string of the molecule is CC1(C)CNC(CO)CN(Cc2ccco2)C1. The highest BCUT2D eigenvalue weighted by Gasteiger charge is 2.28. The van der Waals surface area contributed by atoms with E-state index in [9.17, 15) is 5.11 Å². The van der Waals surface area contributed by atoms with Gasteiger partial charge < -0.3 is 14.8 Å². The van der Waals surface area contributed by atoms with Crippen LogP contribution in [0, 0.1) is 5.41 Å². The Bertz CT molecular complexity index is 335. The molecule has 1 fully saturated rings. The molecule has 2 heterocycles. The summed E-state index contributed by atoms with van der Waals surface area (Å²) in [4.78, 5) is 2.35. The number of nitrogens with zero attached hydrogens (tertiary/aromatic N) is 1. The highest BCUT2D eigenvalue weighted by Crippen LogP contribution is 2.20. The maximum Gasteiger partial charge on any atom is 0.117 e. The number of hydrogen-bond acceptors (Lipinski definition) is 4. The molecule has 0 bridgehead atoms. The molecule has 17 heavy (non-hydrogen) atoms. The third kappa shape index (κ3) is 3.56. The van der Waals surface area contributed by atoms with Crippen LogP contribution in [0.3, 0.4) is 0 Å². The maximum absolute atomic E-state index is 9.32. The average molecular weight is 238 g/mol. The van der Waals surface area contributed by atoms with Gasteiger partial charge in [0.25, 0.3) is 0 Å². The quantitative estimate of drug-likeness (QED) is 0.827. The van der Waals surface area contributed by atoms with E-state index in [4.69, 9.17) is 4.42 Å². The molecular formula is C13H22N2O2. The van der Waals surface area contributed by atoms with E-state index in [1.807, 2.05) is 12.1 Å². The number of nitrogens with one attached hydrogen (secondary N) is 1. The lowest BCUT2D eigenvalue weighted by Crippen LogP contribution is -2.40. The summed E-state index contributed by atoms with van der Waals surface area (Å²) in [6.45, 7) is 8.30. The summed E-state index contributed by atoms with van der Waals surface area (Å²) in [6, 6.07) is 4.08. The summed E-state index contributed by atoms with van der Waals surface area (Å²) in [7, 11) is 0. The second-order valence-corrected chi connectivity index (χ2v) is 5.67. The first-order valence-electron chi connectivity index (χ1n) is 6.18. The van der Waals surface area contributed by atoms with Crippen molar-refractivity contribution in [3.63, 3.8) is 0 Å². The third-order valence-corrected chi connectivity index (χ3v) is 3.18. The van der Waals surface area contributed by atoms with Crippen LogP contribution < -0.4 is 5.32 Å². The zero-order valence-corrected chi connectivity index (χ0v) is 10.6. The van der Waals surface area contributed by atoms with Crippen molar-refractivity contribution in [2.75, 3.05) is 26.2 Å². The monoisotopic (exact) mass is 238 g/mol. The Kier molecular flexibility index (Phi) is 3.86. The van der Waals surface area contributed by atoms with E-state index in [0.717, 1.165) is 31.9 Å². The molecule has 1 aromatic heterocycles. The fraction of sp³-hybridized carbons (Fsp3) is 0.692. The van der Waals surface area contributed by atoms with E-state index >= 15 is 0 Å². The second kappa shape index (κ2) is 5.21. The lowest BCUT2D eigenvalue weighted by Gasteiger charge is -2.28. The Labute approximate surface area is 103 Å². The summed E-state index contributed by atoms with van der Waals surface area (Å²) in [5, 5.41) is 12.7. The summed E-state index contributed by atoms with van der Waals surface area (Å²) < 4.78 is 5.39. The molecule has 1 aliphatic rings. The van der Waals surface area contributed by atoms with Gasteiger partial charge in [-0.1, -0.05) is 13.8 Å². The zero-order chi connectivity index (χ0) is 12.3. The van der Waals surface area contributed by atoms with Crippen molar-refractivity contribution in [1.29, 1.82) is 0 Å². The lowest BCUT2D eigenvalue weighted by molar-refractivity contribution is 0.167. The minimum atomic E-state index is 0.159. The number of furan rings is 1. The molecule has 0 radical (unpaired) electrons. The molecule has 4 nitrogen and oxygen atoms in total. The van der Waals surface area contributed by atoms with Crippen molar-refractivity contribution in [1.82, 2.24) is 10.2 Å². The van der Waals surface area contributed by atoms with Crippen molar-refractivity contribution >= 4 is 0 Å². The standard InChI is InChI=1S/C13H22N2O2/c1-13(2)9-14-11(8-16)6-15(10-13)7-12-4-3-5-17-12/h3-5,11,14,16H,6-10H2,1-2H3. The van der Waals surface area contributed by atoms with Crippen LogP contribution in [-0.4, -0.2) is 42.3 Å². The smallest absolute Gasteiger partial charge is 0.117 e. The zero-order valence-electron chi connectivity index (χ0n) is 10.6. The Morgan fingerprint density at radius 1 is 1.59 bits per heavy atom. The van der Waals surface area contributed by atoms with Gasteiger partial charge in [0.15, 0.2) is 0 Å². The largest absolute Gasteiger partial charge is 0.468 e. The minimum absolute atomic E-state index is 0.159. The molecule has 1 aromatic rings. The van der Waals surface area contributed by atoms with Crippen molar-refractivity contribution in [2.24, 2.45) is 5.41 Å². The van der Waals surface area contributed by atoms with Gasteiger partial charge in [-0.3, -0.25) is 4.90 Å². The van der Waals surface area contributed by atoms with Crippen LogP contribution in [-0.2, 0) is 6.54 Å². The van der Waals surface area contributed by atoms with Crippen molar-refractivity contribution in [3.05, 3.63) is 24.2 Å². The van der Waals surface area contributed by atoms with E-state index in [-0.39, 0.29) is 18.1 Å². The second-order valence-electron chi connectivity index (χ2n) is 5.67. The van der Waals surface area contributed by atoms with Crippen molar-refractivity contribution in [2.45, 2.75) is 26.4 Å². The molecule has 0 aromatic carbocycles. The van der Waals surface area contributed by atoms with Gasteiger partial charge in [0.2, 0.25) is 0 Å². The Balaban J connectivity index is 2.02. The van der Waals surface area contributed by atoms with Crippen LogP contribution in [0.2, 0.25) is 0 Å². The minimum Gasteiger partial charge on any atom is -0.468 e. The maximum atomic E-state index is 9.32. The average Bonchev–Trinajstić information content (AvgIpc) is 2.70. The molecule has 2 N–H and O–H groups in total. The molecule has 1 aliphatic heterocycles. The first kappa shape index (κ1) is 12.6. The molecule has 0 spiro atoms. The van der Waals surface area contributed by atoms with Gasteiger partial charge in [-0.05, 0) is 17.5 Å². The molecule has 1 saturated heterocycles. The van der Waals surface area contributed by atoms with Crippen LogP contribution in [0.1, 0.15) is 19.6 Å². The molecule has 4 heteroatoms. The Morgan fingerprint density at radius 3 is 3.06 bits per heavy atom. The van der Waals surface area contributed by atoms with Crippen molar-refractivity contribution < 1.29 is 9.52 Å². The summed E-state index contributed by atoms with van der Waals surface area (Å²) >= 11 is 0. The van der Waals surface area contributed by atoms with Gasteiger partial charge in [-0.15, -0.1) is 0 Å².